The number of hydrogen-bond donors (Lipinski definition) is 1. The van der Waals surface area contributed by atoms with Crippen molar-refractivity contribution in [3.8, 4) is 5.75 Å². The van der Waals surface area contributed by atoms with Crippen LogP contribution in [0, 0.1) is 6.92 Å². The summed E-state index contributed by atoms with van der Waals surface area (Å²) >= 11 is 0. The molecule has 1 unspecified atom stereocenters. The van der Waals surface area contributed by atoms with Crippen LogP contribution in [-0.2, 0) is 0 Å². The van der Waals surface area contributed by atoms with E-state index >= 15 is 0 Å². The minimum atomic E-state index is 0.117. The van der Waals surface area contributed by atoms with Gasteiger partial charge in [-0.25, -0.2) is 0 Å². The van der Waals surface area contributed by atoms with Crippen molar-refractivity contribution in [2.75, 3.05) is 11.9 Å². The lowest BCUT2D eigenvalue weighted by molar-refractivity contribution is 0.317. The van der Waals surface area contributed by atoms with Gasteiger partial charge in [-0.2, -0.15) is 0 Å². The molecule has 0 bridgehead atoms. The zero-order chi connectivity index (χ0) is 14.4. The van der Waals surface area contributed by atoms with E-state index in [1.807, 2.05) is 31.2 Å². The van der Waals surface area contributed by atoms with Crippen LogP contribution in [0.4, 0.5) is 5.69 Å². The molecule has 0 fully saturated rings. The third-order valence-corrected chi connectivity index (χ3v) is 3.04. The maximum atomic E-state index is 5.57. The van der Waals surface area contributed by atoms with Crippen LogP contribution in [0.3, 0.4) is 0 Å². The van der Waals surface area contributed by atoms with Gasteiger partial charge in [-0.1, -0.05) is 6.92 Å². The third-order valence-electron chi connectivity index (χ3n) is 3.04. The molecule has 1 heterocycles. The van der Waals surface area contributed by atoms with Gasteiger partial charge in [-0.3, -0.25) is 9.97 Å². The van der Waals surface area contributed by atoms with Gasteiger partial charge in [-0.05, 0) is 44.5 Å². The molecule has 0 amide bonds. The highest BCUT2D eigenvalue weighted by molar-refractivity contribution is 5.47. The molecule has 0 saturated carbocycles. The third kappa shape index (κ3) is 3.70. The topological polar surface area (TPSA) is 47.0 Å². The van der Waals surface area contributed by atoms with E-state index in [4.69, 9.17) is 4.74 Å². The van der Waals surface area contributed by atoms with Crippen LogP contribution < -0.4 is 10.1 Å². The molecule has 1 N–H and O–H groups in total. The van der Waals surface area contributed by atoms with Crippen molar-refractivity contribution in [2.24, 2.45) is 0 Å². The Labute approximate surface area is 120 Å². The molecule has 4 heteroatoms. The molecule has 0 aliphatic carbocycles. The molecule has 4 nitrogen and oxygen atoms in total. The number of nitrogens with one attached hydrogen (secondary N) is 1. The van der Waals surface area contributed by atoms with E-state index in [1.54, 1.807) is 12.4 Å². The van der Waals surface area contributed by atoms with E-state index in [9.17, 15) is 0 Å². The molecular formula is C16H21N3O. The molecule has 0 aliphatic rings. The Morgan fingerprint density at radius 2 is 1.85 bits per heavy atom. The zero-order valence-corrected chi connectivity index (χ0v) is 12.3. The summed E-state index contributed by atoms with van der Waals surface area (Å²) in [7, 11) is 0. The summed E-state index contributed by atoms with van der Waals surface area (Å²) in [6.07, 6.45) is 4.45. The van der Waals surface area contributed by atoms with Gasteiger partial charge < -0.3 is 10.1 Å². The Kier molecular flexibility index (Phi) is 4.93. The number of rotatable bonds is 6. The van der Waals surface area contributed by atoms with Crippen molar-refractivity contribution in [3.63, 3.8) is 0 Å². The molecule has 1 atom stereocenters. The molecule has 106 valence electrons. The van der Waals surface area contributed by atoms with Gasteiger partial charge in [0.25, 0.3) is 0 Å². The van der Waals surface area contributed by atoms with Crippen molar-refractivity contribution in [1.29, 1.82) is 0 Å². The first-order valence-corrected chi connectivity index (χ1v) is 6.97. The number of benzene rings is 1. The molecule has 0 saturated heterocycles. The average Bonchev–Trinajstić information content (AvgIpc) is 2.47. The number of anilines is 1. The Morgan fingerprint density at radius 3 is 2.50 bits per heavy atom. The van der Waals surface area contributed by atoms with Gasteiger partial charge in [0, 0.05) is 18.1 Å². The molecule has 0 radical (unpaired) electrons. The summed E-state index contributed by atoms with van der Waals surface area (Å²) in [5, 5.41) is 3.42. The van der Waals surface area contributed by atoms with Gasteiger partial charge in [0.05, 0.1) is 24.0 Å². The first kappa shape index (κ1) is 14.3. The van der Waals surface area contributed by atoms with Gasteiger partial charge in [-0.15, -0.1) is 0 Å². The van der Waals surface area contributed by atoms with Crippen LogP contribution in [0.2, 0.25) is 0 Å². The average molecular weight is 271 g/mol. The highest BCUT2D eigenvalue weighted by Crippen LogP contribution is 2.21. The van der Waals surface area contributed by atoms with Crippen molar-refractivity contribution in [1.82, 2.24) is 9.97 Å². The standard InChI is InChI=1S/C16H21N3O/c1-4-11-20-15-7-5-14(6-8-15)19-13(3)16-12(2)17-9-10-18-16/h5-10,13,19H,4,11H2,1-3H3. The van der Waals surface area contributed by atoms with E-state index in [-0.39, 0.29) is 6.04 Å². The van der Waals surface area contributed by atoms with Crippen LogP contribution in [0.25, 0.3) is 0 Å². The Hall–Kier alpha value is -2.10. The van der Waals surface area contributed by atoms with Crippen molar-refractivity contribution >= 4 is 5.69 Å². The minimum absolute atomic E-state index is 0.117. The second-order valence-corrected chi connectivity index (χ2v) is 4.77. The summed E-state index contributed by atoms with van der Waals surface area (Å²) < 4.78 is 5.57. The van der Waals surface area contributed by atoms with E-state index in [0.717, 1.165) is 35.9 Å². The summed E-state index contributed by atoms with van der Waals surface area (Å²) in [4.78, 5) is 8.65. The Bertz CT molecular complexity index is 540. The largest absolute Gasteiger partial charge is 0.494 e. The predicted molar refractivity (Wildman–Crippen MR) is 81.0 cm³/mol. The van der Waals surface area contributed by atoms with Gasteiger partial charge in [0.15, 0.2) is 0 Å². The molecule has 0 spiro atoms. The summed E-state index contributed by atoms with van der Waals surface area (Å²) in [5.74, 6) is 0.903. The molecule has 2 rings (SSSR count). The molecule has 2 aromatic rings. The number of aromatic nitrogens is 2. The van der Waals surface area contributed by atoms with E-state index in [1.165, 1.54) is 0 Å². The molecular weight excluding hydrogens is 250 g/mol. The van der Waals surface area contributed by atoms with Crippen molar-refractivity contribution < 1.29 is 4.74 Å². The first-order chi connectivity index (χ1) is 9.70. The lowest BCUT2D eigenvalue weighted by Crippen LogP contribution is -2.10. The minimum Gasteiger partial charge on any atom is -0.494 e. The van der Waals surface area contributed by atoms with Crippen LogP contribution >= 0.6 is 0 Å². The summed E-state index contributed by atoms with van der Waals surface area (Å²) in [6.45, 7) is 6.91. The van der Waals surface area contributed by atoms with Gasteiger partial charge >= 0.3 is 0 Å². The first-order valence-electron chi connectivity index (χ1n) is 6.97. The number of hydrogen-bond acceptors (Lipinski definition) is 4. The lowest BCUT2D eigenvalue weighted by Gasteiger charge is -2.16. The molecule has 0 aliphatic heterocycles. The highest BCUT2D eigenvalue weighted by Gasteiger charge is 2.10. The number of ether oxygens (including phenoxy) is 1. The SMILES string of the molecule is CCCOc1ccc(NC(C)c2nccnc2C)cc1. The normalized spacial score (nSPS) is 11.9. The Morgan fingerprint density at radius 1 is 1.15 bits per heavy atom. The predicted octanol–water partition coefficient (Wildman–Crippen LogP) is 3.75. The fourth-order valence-electron chi connectivity index (χ4n) is 2.03. The van der Waals surface area contributed by atoms with Crippen molar-refractivity contribution in [2.45, 2.75) is 33.2 Å². The lowest BCUT2D eigenvalue weighted by atomic mass is 10.1. The number of nitrogens with zero attached hydrogens (tertiary/aromatic N) is 2. The summed E-state index contributed by atoms with van der Waals surface area (Å²) in [5.41, 5.74) is 2.97. The van der Waals surface area contributed by atoms with Crippen LogP contribution in [-0.4, -0.2) is 16.6 Å². The van der Waals surface area contributed by atoms with E-state index < -0.39 is 0 Å². The maximum absolute atomic E-state index is 5.57. The van der Waals surface area contributed by atoms with E-state index in [2.05, 4.69) is 29.1 Å². The fraction of sp³-hybridized carbons (Fsp3) is 0.375. The zero-order valence-electron chi connectivity index (χ0n) is 12.3. The van der Waals surface area contributed by atoms with Gasteiger partial charge in [0.2, 0.25) is 0 Å². The van der Waals surface area contributed by atoms with E-state index in [0.29, 0.717) is 0 Å². The monoisotopic (exact) mass is 271 g/mol. The molecule has 1 aromatic carbocycles. The fourth-order valence-corrected chi connectivity index (χ4v) is 2.03. The number of aryl methyl sites for hydroxylation is 1. The van der Waals surface area contributed by atoms with Crippen molar-refractivity contribution in [3.05, 3.63) is 48.0 Å². The summed E-state index contributed by atoms with van der Waals surface area (Å²) in [6, 6.07) is 8.12. The molecule has 20 heavy (non-hydrogen) atoms. The second kappa shape index (κ2) is 6.89. The smallest absolute Gasteiger partial charge is 0.119 e. The second-order valence-electron chi connectivity index (χ2n) is 4.77. The molecule has 1 aromatic heterocycles. The van der Waals surface area contributed by atoms with Crippen LogP contribution in [0.5, 0.6) is 5.75 Å². The maximum Gasteiger partial charge on any atom is 0.119 e. The van der Waals surface area contributed by atoms with Crippen LogP contribution in [0.15, 0.2) is 36.7 Å². The van der Waals surface area contributed by atoms with Gasteiger partial charge in [0.1, 0.15) is 5.75 Å². The van der Waals surface area contributed by atoms with Crippen LogP contribution in [0.1, 0.15) is 37.7 Å². The highest BCUT2D eigenvalue weighted by atomic mass is 16.5. The Balaban J connectivity index is 2.01. The quantitative estimate of drug-likeness (QED) is 0.869.